The molecule has 1 aliphatic rings. The third kappa shape index (κ3) is 3.04. The lowest BCUT2D eigenvalue weighted by Crippen LogP contribution is -2.45. The number of hydrazine groups is 1. The fourth-order valence-corrected chi connectivity index (χ4v) is 1.62. The van der Waals surface area contributed by atoms with Crippen molar-refractivity contribution in [3.63, 3.8) is 0 Å². The van der Waals surface area contributed by atoms with Crippen molar-refractivity contribution in [2.45, 2.75) is 6.54 Å². The zero-order valence-corrected chi connectivity index (χ0v) is 9.15. The van der Waals surface area contributed by atoms with Crippen molar-refractivity contribution in [2.24, 2.45) is 0 Å². The molecule has 1 saturated heterocycles. The van der Waals surface area contributed by atoms with Gasteiger partial charge >= 0.3 is 0 Å². The predicted octanol–water partition coefficient (Wildman–Crippen LogP) is 0.895. The first kappa shape index (κ1) is 11.1. The number of nitrogens with one attached hydrogen (secondary N) is 1. The van der Waals surface area contributed by atoms with Gasteiger partial charge in [0, 0.05) is 19.6 Å². The molecule has 1 N–H and O–H groups in total. The average Bonchev–Trinajstić information content (AvgIpc) is 2.38. The monoisotopic (exact) mass is 217 g/mol. The molecule has 1 aromatic carbocycles. The Kier molecular flexibility index (Phi) is 3.89. The van der Waals surface area contributed by atoms with Crippen LogP contribution in [0.1, 0.15) is 11.1 Å². The number of nitriles is 1. The van der Waals surface area contributed by atoms with Crippen molar-refractivity contribution in [3.05, 3.63) is 35.4 Å². The van der Waals surface area contributed by atoms with E-state index < -0.39 is 0 Å². The van der Waals surface area contributed by atoms with Gasteiger partial charge in [0.05, 0.1) is 24.8 Å². The molecule has 1 aromatic rings. The molecule has 0 aliphatic carbocycles. The Labute approximate surface area is 95.4 Å². The number of hydrogen-bond acceptors (Lipinski definition) is 4. The molecule has 0 atom stereocenters. The number of benzene rings is 1. The Morgan fingerprint density at radius 3 is 2.56 bits per heavy atom. The fraction of sp³-hybridized carbons (Fsp3) is 0.417. The third-order valence-electron chi connectivity index (χ3n) is 2.60. The second-order valence-electron chi connectivity index (χ2n) is 3.74. The van der Waals surface area contributed by atoms with Crippen LogP contribution in [0.4, 0.5) is 0 Å². The Morgan fingerprint density at radius 2 is 1.94 bits per heavy atom. The second kappa shape index (κ2) is 5.61. The first-order valence-electron chi connectivity index (χ1n) is 5.44. The van der Waals surface area contributed by atoms with Crippen molar-refractivity contribution in [1.29, 1.82) is 5.26 Å². The predicted molar refractivity (Wildman–Crippen MR) is 60.4 cm³/mol. The molecule has 1 heterocycles. The quantitative estimate of drug-likeness (QED) is 0.817. The minimum atomic E-state index is 0.704. The molecule has 0 radical (unpaired) electrons. The van der Waals surface area contributed by atoms with Gasteiger partial charge in [0.15, 0.2) is 0 Å². The van der Waals surface area contributed by atoms with Gasteiger partial charge in [-0.25, -0.2) is 5.01 Å². The molecule has 1 aliphatic heterocycles. The van der Waals surface area contributed by atoms with Gasteiger partial charge in [-0.2, -0.15) is 5.26 Å². The topological polar surface area (TPSA) is 48.3 Å². The van der Waals surface area contributed by atoms with Gasteiger partial charge in [-0.1, -0.05) is 12.1 Å². The van der Waals surface area contributed by atoms with Crippen molar-refractivity contribution in [1.82, 2.24) is 10.4 Å². The SMILES string of the molecule is N#Cc1ccc(CNN2CCOCC2)cc1. The summed E-state index contributed by atoms with van der Waals surface area (Å²) in [5, 5.41) is 10.8. The Bertz CT molecular complexity index is 363. The van der Waals surface area contributed by atoms with Crippen molar-refractivity contribution in [2.75, 3.05) is 26.3 Å². The molecule has 0 unspecified atom stereocenters. The Morgan fingerprint density at radius 1 is 1.25 bits per heavy atom. The van der Waals surface area contributed by atoms with Crippen molar-refractivity contribution >= 4 is 0 Å². The van der Waals surface area contributed by atoms with Gasteiger partial charge in [-0.15, -0.1) is 0 Å². The smallest absolute Gasteiger partial charge is 0.0991 e. The van der Waals surface area contributed by atoms with E-state index in [1.54, 1.807) is 0 Å². The molecule has 0 aromatic heterocycles. The van der Waals surface area contributed by atoms with Gasteiger partial charge < -0.3 is 4.74 Å². The maximum absolute atomic E-state index is 8.67. The maximum atomic E-state index is 8.67. The summed E-state index contributed by atoms with van der Waals surface area (Å²) >= 11 is 0. The van der Waals surface area contributed by atoms with E-state index in [1.807, 2.05) is 24.3 Å². The largest absolute Gasteiger partial charge is 0.379 e. The minimum absolute atomic E-state index is 0.704. The van der Waals surface area contributed by atoms with Crippen molar-refractivity contribution < 1.29 is 4.74 Å². The maximum Gasteiger partial charge on any atom is 0.0991 e. The molecule has 1 fully saturated rings. The fourth-order valence-electron chi connectivity index (χ4n) is 1.62. The summed E-state index contributed by atoms with van der Waals surface area (Å²) in [5.74, 6) is 0. The lowest BCUT2D eigenvalue weighted by atomic mass is 10.1. The number of rotatable bonds is 3. The first-order valence-corrected chi connectivity index (χ1v) is 5.44. The molecular formula is C12H15N3O. The summed E-state index contributed by atoms with van der Waals surface area (Å²) in [5.41, 5.74) is 5.24. The van der Waals surface area contributed by atoms with Crippen LogP contribution in [-0.2, 0) is 11.3 Å². The zero-order chi connectivity index (χ0) is 11.2. The van der Waals surface area contributed by atoms with E-state index >= 15 is 0 Å². The molecule has 4 heteroatoms. The average molecular weight is 217 g/mol. The highest BCUT2D eigenvalue weighted by atomic mass is 16.5. The van der Waals surface area contributed by atoms with Gasteiger partial charge in [0.25, 0.3) is 0 Å². The highest BCUT2D eigenvalue weighted by Gasteiger charge is 2.08. The van der Waals surface area contributed by atoms with Gasteiger partial charge in [0.2, 0.25) is 0 Å². The Hall–Kier alpha value is -1.41. The molecule has 0 amide bonds. The van der Waals surface area contributed by atoms with Gasteiger partial charge in [-0.05, 0) is 17.7 Å². The lowest BCUT2D eigenvalue weighted by molar-refractivity contribution is 0.0106. The second-order valence-corrected chi connectivity index (χ2v) is 3.74. The summed E-state index contributed by atoms with van der Waals surface area (Å²) in [6.45, 7) is 4.24. The minimum Gasteiger partial charge on any atom is -0.379 e. The first-order chi connectivity index (χ1) is 7.88. The molecular weight excluding hydrogens is 202 g/mol. The third-order valence-corrected chi connectivity index (χ3v) is 2.60. The van der Waals surface area contributed by atoms with Gasteiger partial charge in [0.1, 0.15) is 0 Å². The zero-order valence-electron chi connectivity index (χ0n) is 9.15. The molecule has 2 rings (SSSR count). The highest BCUT2D eigenvalue weighted by molar-refractivity contribution is 5.31. The normalized spacial score (nSPS) is 16.9. The number of ether oxygens (including phenoxy) is 1. The summed E-state index contributed by atoms with van der Waals surface area (Å²) in [7, 11) is 0. The Balaban J connectivity index is 1.82. The number of morpholine rings is 1. The molecule has 16 heavy (non-hydrogen) atoms. The molecule has 0 bridgehead atoms. The number of nitrogens with zero attached hydrogens (tertiary/aromatic N) is 2. The summed E-state index contributed by atoms with van der Waals surface area (Å²) in [6.07, 6.45) is 0. The van der Waals surface area contributed by atoms with Crippen LogP contribution in [-0.4, -0.2) is 31.3 Å². The highest BCUT2D eigenvalue weighted by Crippen LogP contribution is 2.03. The molecule has 0 saturated carbocycles. The lowest BCUT2D eigenvalue weighted by Gasteiger charge is -2.27. The molecule has 0 spiro atoms. The van der Waals surface area contributed by atoms with E-state index in [0.717, 1.165) is 32.8 Å². The van der Waals surface area contributed by atoms with Crippen LogP contribution in [0.5, 0.6) is 0 Å². The summed E-state index contributed by atoms with van der Waals surface area (Å²) < 4.78 is 5.26. The van der Waals surface area contributed by atoms with Crippen LogP contribution in [0.3, 0.4) is 0 Å². The van der Waals surface area contributed by atoms with E-state index in [2.05, 4.69) is 16.5 Å². The molecule has 84 valence electrons. The van der Waals surface area contributed by atoms with Gasteiger partial charge in [-0.3, -0.25) is 5.43 Å². The summed E-state index contributed by atoms with van der Waals surface area (Å²) in [6, 6.07) is 9.76. The van der Waals surface area contributed by atoms with E-state index in [1.165, 1.54) is 5.56 Å². The van der Waals surface area contributed by atoms with E-state index in [9.17, 15) is 0 Å². The van der Waals surface area contributed by atoms with Crippen LogP contribution in [0.25, 0.3) is 0 Å². The van der Waals surface area contributed by atoms with E-state index in [4.69, 9.17) is 10.00 Å². The standard InChI is InChI=1S/C12H15N3O/c13-9-11-1-3-12(4-2-11)10-14-15-5-7-16-8-6-15/h1-4,14H,5-8,10H2. The number of hydrogen-bond donors (Lipinski definition) is 1. The van der Waals surface area contributed by atoms with Crippen LogP contribution < -0.4 is 5.43 Å². The summed E-state index contributed by atoms with van der Waals surface area (Å²) in [4.78, 5) is 0. The van der Waals surface area contributed by atoms with E-state index in [-0.39, 0.29) is 0 Å². The van der Waals surface area contributed by atoms with Crippen LogP contribution >= 0.6 is 0 Å². The van der Waals surface area contributed by atoms with Crippen molar-refractivity contribution in [3.8, 4) is 6.07 Å². The van der Waals surface area contributed by atoms with Crippen LogP contribution in [0.2, 0.25) is 0 Å². The molecule has 4 nitrogen and oxygen atoms in total. The van der Waals surface area contributed by atoms with E-state index in [0.29, 0.717) is 5.56 Å². The van der Waals surface area contributed by atoms with Crippen LogP contribution in [0.15, 0.2) is 24.3 Å². The van der Waals surface area contributed by atoms with Crippen LogP contribution in [0, 0.1) is 11.3 Å².